The molecule has 0 amide bonds. The minimum absolute atomic E-state index is 0.0460. The van der Waals surface area contributed by atoms with E-state index in [1.165, 1.54) is 0 Å². The molecule has 1 aromatic rings. The van der Waals surface area contributed by atoms with E-state index in [9.17, 15) is 0 Å². The molecular formula is C13H21N3O. The van der Waals surface area contributed by atoms with Gasteiger partial charge in [-0.1, -0.05) is 6.07 Å². The Balaban J connectivity index is 2.06. The Kier molecular flexibility index (Phi) is 3.97. The maximum Gasteiger partial charge on any atom is 0.128 e. The molecule has 1 fully saturated rings. The van der Waals surface area contributed by atoms with Gasteiger partial charge < -0.3 is 15.4 Å². The number of ether oxygens (including phenoxy) is 1. The lowest BCUT2D eigenvalue weighted by Gasteiger charge is -2.32. The zero-order chi connectivity index (χ0) is 12.3. The highest BCUT2D eigenvalue weighted by molar-refractivity contribution is 5.40. The van der Waals surface area contributed by atoms with E-state index in [2.05, 4.69) is 22.0 Å². The summed E-state index contributed by atoms with van der Waals surface area (Å²) >= 11 is 0. The van der Waals surface area contributed by atoms with Gasteiger partial charge in [0.1, 0.15) is 5.82 Å². The van der Waals surface area contributed by atoms with E-state index in [0.29, 0.717) is 6.10 Å². The lowest BCUT2D eigenvalue weighted by molar-refractivity contribution is 0.0891. The van der Waals surface area contributed by atoms with Gasteiger partial charge in [0.2, 0.25) is 0 Å². The average molecular weight is 235 g/mol. The van der Waals surface area contributed by atoms with Gasteiger partial charge in [-0.2, -0.15) is 0 Å². The molecule has 0 saturated carbocycles. The normalized spacial score (nSPS) is 22.5. The molecule has 0 aliphatic carbocycles. The van der Waals surface area contributed by atoms with E-state index in [4.69, 9.17) is 10.5 Å². The summed E-state index contributed by atoms with van der Waals surface area (Å²) in [7, 11) is 1.78. The number of hydrogen-bond acceptors (Lipinski definition) is 4. The third-order valence-corrected chi connectivity index (χ3v) is 3.33. The maximum atomic E-state index is 5.81. The highest BCUT2D eigenvalue weighted by atomic mass is 16.5. The molecule has 4 nitrogen and oxygen atoms in total. The molecule has 1 saturated heterocycles. The second kappa shape index (κ2) is 5.47. The molecule has 2 unspecified atom stereocenters. The second-order valence-electron chi connectivity index (χ2n) is 4.68. The zero-order valence-electron chi connectivity index (χ0n) is 10.6. The van der Waals surface area contributed by atoms with Crippen LogP contribution in [-0.4, -0.2) is 31.3 Å². The first-order valence-electron chi connectivity index (χ1n) is 6.20. The minimum atomic E-state index is 0.0460. The van der Waals surface area contributed by atoms with Gasteiger partial charge in [0.05, 0.1) is 6.10 Å². The smallest absolute Gasteiger partial charge is 0.128 e. The van der Waals surface area contributed by atoms with Crippen LogP contribution in [0.1, 0.15) is 31.4 Å². The van der Waals surface area contributed by atoms with Crippen LogP contribution in [0, 0.1) is 0 Å². The Morgan fingerprint density at radius 3 is 2.94 bits per heavy atom. The molecule has 1 aromatic heterocycles. The molecule has 2 rings (SSSR count). The quantitative estimate of drug-likeness (QED) is 0.866. The molecule has 2 atom stereocenters. The van der Waals surface area contributed by atoms with Crippen LogP contribution in [0.3, 0.4) is 0 Å². The van der Waals surface area contributed by atoms with E-state index < -0.39 is 0 Å². The molecule has 0 bridgehead atoms. The summed E-state index contributed by atoms with van der Waals surface area (Å²) in [4.78, 5) is 6.76. The van der Waals surface area contributed by atoms with Crippen molar-refractivity contribution < 1.29 is 4.74 Å². The van der Waals surface area contributed by atoms with Crippen LogP contribution in [0.2, 0.25) is 0 Å². The summed E-state index contributed by atoms with van der Waals surface area (Å²) in [6.45, 7) is 3.96. The summed E-state index contributed by atoms with van der Waals surface area (Å²) in [5.41, 5.74) is 6.89. The summed E-state index contributed by atoms with van der Waals surface area (Å²) in [5.74, 6) is 1.02. The molecule has 2 N–H and O–H groups in total. The van der Waals surface area contributed by atoms with Gasteiger partial charge in [0.25, 0.3) is 0 Å². The lowest BCUT2D eigenvalue weighted by Crippen LogP contribution is -2.39. The van der Waals surface area contributed by atoms with E-state index >= 15 is 0 Å². The van der Waals surface area contributed by atoms with Crippen molar-refractivity contribution >= 4 is 5.82 Å². The van der Waals surface area contributed by atoms with Crippen LogP contribution < -0.4 is 10.6 Å². The first-order chi connectivity index (χ1) is 8.20. The zero-order valence-corrected chi connectivity index (χ0v) is 10.6. The van der Waals surface area contributed by atoms with Gasteiger partial charge in [-0.05, 0) is 31.4 Å². The Morgan fingerprint density at radius 2 is 2.35 bits per heavy atom. The van der Waals surface area contributed by atoms with Crippen molar-refractivity contribution in [1.82, 2.24) is 4.98 Å². The number of pyridine rings is 1. The number of hydrogen-bond donors (Lipinski definition) is 1. The highest BCUT2D eigenvalue weighted by Gasteiger charge is 2.20. The number of methoxy groups -OCH3 is 1. The molecule has 1 aliphatic heterocycles. The Morgan fingerprint density at radius 1 is 1.53 bits per heavy atom. The third-order valence-electron chi connectivity index (χ3n) is 3.33. The van der Waals surface area contributed by atoms with E-state index in [-0.39, 0.29) is 6.04 Å². The summed E-state index contributed by atoms with van der Waals surface area (Å²) in [6, 6.07) is 4.16. The molecule has 0 aromatic carbocycles. The van der Waals surface area contributed by atoms with Crippen molar-refractivity contribution in [3.63, 3.8) is 0 Å². The van der Waals surface area contributed by atoms with Crippen LogP contribution in [0.5, 0.6) is 0 Å². The number of nitrogens with two attached hydrogens (primary N) is 1. The van der Waals surface area contributed by atoms with Gasteiger partial charge >= 0.3 is 0 Å². The van der Waals surface area contributed by atoms with Crippen LogP contribution >= 0.6 is 0 Å². The SMILES string of the molecule is COC1CCCN(c2ccc(C(C)N)cn2)C1. The standard InChI is InChI=1S/C13H21N3O/c1-10(14)11-5-6-13(15-8-11)16-7-3-4-12(9-16)17-2/h5-6,8,10,12H,3-4,7,9,14H2,1-2H3. The highest BCUT2D eigenvalue weighted by Crippen LogP contribution is 2.20. The van der Waals surface area contributed by atoms with Gasteiger partial charge in [-0.3, -0.25) is 0 Å². The van der Waals surface area contributed by atoms with Crippen molar-refractivity contribution in [2.24, 2.45) is 5.73 Å². The second-order valence-corrected chi connectivity index (χ2v) is 4.68. The molecule has 0 spiro atoms. The van der Waals surface area contributed by atoms with Crippen molar-refractivity contribution in [2.45, 2.75) is 31.9 Å². The van der Waals surface area contributed by atoms with E-state index in [1.807, 2.05) is 13.1 Å². The molecule has 4 heteroatoms. The Hall–Kier alpha value is -1.13. The topological polar surface area (TPSA) is 51.4 Å². The van der Waals surface area contributed by atoms with Gasteiger partial charge in [-0.15, -0.1) is 0 Å². The fourth-order valence-electron chi connectivity index (χ4n) is 2.19. The predicted octanol–water partition coefficient (Wildman–Crippen LogP) is 1.72. The van der Waals surface area contributed by atoms with E-state index in [1.54, 1.807) is 7.11 Å². The van der Waals surface area contributed by atoms with Gasteiger partial charge in [0.15, 0.2) is 0 Å². The van der Waals surface area contributed by atoms with Crippen molar-refractivity contribution in [3.05, 3.63) is 23.9 Å². The lowest BCUT2D eigenvalue weighted by atomic mass is 10.1. The molecule has 17 heavy (non-hydrogen) atoms. The molecule has 2 heterocycles. The maximum absolute atomic E-state index is 5.81. The first kappa shape index (κ1) is 12.3. The van der Waals surface area contributed by atoms with Crippen molar-refractivity contribution in [3.8, 4) is 0 Å². The number of piperidine rings is 1. The largest absolute Gasteiger partial charge is 0.380 e. The summed E-state index contributed by atoms with van der Waals surface area (Å²) in [6.07, 6.45) is 4.51. The number of nitrogens with zero attached hydrogens (tertiary/aromatic N) is 2. The fraction of sp³-hybridized carbons (Fsp3) is 0.615. The minimum Gasteiger partial charge on any atom is -0.380 e. The molecule has 0 radical (unpaired) electrons. The average Bonchev–Trinajstić information content (AvgIpc) is 2.39. The summed E-state index contributed by atoms with van der Waals surface area (Å²) in [5, 5.41) is 0. The monoisotopic (exact) mass is 235 g/mol. The number of anilines is 1. The molecular weight excluding hydrogens is 214 g/mol. The molecule has 1 aliphatic rings. The van der Waals surface area contributed by atoms with E-state index in [0.717, 1.165) is 37.3 Å². The van der Waals surface area contributed by atoms with Crippen LogP contribution in [0.15, 0.2) is 18.3 Å². The van der Waals surface area contributed by atoms with Crippen molar-refractivity contribution in [2.75, 3.05) is 25.1 Å². The van der Waals surface area contributed by atoms with Gasteiger partial charge in [0, 0.05) is 32.4 Å². The third kappa shape index (κ3) is 2.96. The van der Waals surface area contributed by atoms with Crippen molar-refractivity contribution in [1.29, 1.82) is 0 Å². The summed E-state index contributed by atoms with van der Waals surface area (Å²) < 4.78 is 5.42. The first-order valence-corrected chi connectivity index (χ1v) is 6.20. The predicted molar refractivity (Wildman–Crippen MR) is 69.1 cm³/mol. The molecule has 94 valence electrons. The van der Waals surface area contributed by atoms with Gasteiger partial charge in [-0.25, -0.2) is 4.98 Å². The Bertz CT molecular complexity index is 350. The Labute approximate surface area is 103 Å². The number of rotatable bonds is 3. The fourth-order valence-corrected chi connectivity index (χ4v) is 2.19. The van der Waals surface area contributed by atoms with Crippen LogP contribution in [0.4, 0.5) is 5.82 Å². The number of aromatic nitrogens is 1. The van der Waals surface area contributed by atoms with Crippen LogP contribution in [-0.2, 0) is 4.74 Å². The van der Waals surface area contributed by atoms with Crippen LogP contribution in [0.25, 0.3) is 0 Å².